The molecule has 0 heterocycles. The number of rotatable bonds is 9. The summed E-state index contributed by atoms with van der Waals surface area (Å²) in [5.41, 5.74) is 3.76. The topological polar surface area (TPSA) is 81.7 Å². The summed E-state index contributed by atoms with van der Waals surface area (Å²) >= 11 is 0. The van der Waals surface area contributed by atoms with Crippen LogP contribution >= 0.6 is 0 Å². The van der Waals surface area contributed by atoms with Gasteiger partial charge in [0.15, 0.2) is 0 Å². The Bertz CT molecular complexity index is 1100. The molecule has 6 heteroatoms. The highest BCUT2D eigenvalue weighted by atomic mass is 16.5. The third-order valence-corrected chi connectivity index (χ3v) is 5.82. The Balaban J connectivity index is 1.59. The van der Waals surface area contributed by atoms with Crippen LogP contribution in [0.2, 0.25) is 0 Å². The van der Waals surface area contributed by atoms with E-state index in [9.17, 15) is 14.4 Å². The molecular weight excluding hydrogens is 418 g/mol. The number of amides is 1. The summed E-state index contributed by atoms with van der Waals surface area (Å²) in [6, 6.07) is 17.5. The van der Waals surface area contributed by atoms with Gasteiger partial charge in [-0.15, -0.1) is 0 Å². The first-order valence-electron chi connectivity index (χ1n) is 10.9. The summed E-state index contributed by atoms with van der Waals surface area (Å²) in [5.74, 6) is -0.791. The first kappa shape index (κ1) is 24.0. The number of methoxy groups -OCH3 is 2. The van der Waals surface area contributed by atoms with Crippen LogP contribution in [0.15, 0.2) is 77.3 Å². The van der Waals surface area contributed by atoms with E-state index in [4.69, 9.17) is 9.47 Å². The van der Waals surface area contributed by atoms with Crippen molar-refractivity contribution < 1.29 is 23.9 Å². The van der Waals surface area contributed by atoms with Crippen molar-refractivity contribution in [2.24, 2.45) is 0 Å². The summed E-state index contributed by atoms with van der Waals surface area (Å²) in [7, 11) is 2.70. The number of allylic oxidation sites excluding steroid dienone is 2. The maximum Gasteiger partial charge on any atom is 0.228 e. The maximum atomic E-state index is 12.8. The van der Waals surface area contributed by atoms with Gasteiger partial charge in [0.1, 0.15) is 0 Å². The van der Waals surface area contributed by atoms with E-state index in [1.54, 1.807) is 6.92 Å². The zero-order chi connectivity index (χ0) is 24.0. The summed E-state index contributed by atoms with van der Waals surface area (Å²) in [4.78, 5) is 37.7. The van der Waals surface area contributed by atoms with Gasteiger partial charge < -0.3 is 14.8 Å². The van der Waals surface area contributed by atoms with Crippen molar-refractivity contribution >= 4 is 17.5 Å². The van der Waals surface area contributed by atoms with Gasteiger partial charge in [0.05, 0.1) is 20.3 Å². The number of hydrogen-bond donors (Lipinski definition) is 1. The highest BCUT2D eigenvalue weighted by Crippen LogP contribution is 2.28. The zero-order valence-electron chi connectivity index (χ0n) is 19.4. The minimum absolute atomic E-state index is 0.00430. The van der Waals surface area contributed by atoms with Crippen molar-refractivity contribution in [2.45, 2.75) is 39.2 Å². The van der Waals surface area contributed by atoms with Crippen molar-refractivity contribution in [3.05, 3.63) is 94.0 Å². The van der Waals surface area contributed by atoms with Crippen LogP contribution in [-0.4, -0.2) is 31.7 Å². The number of hydrogen-bond acceptors (Lipinski definition) is 5. The van der Waals surface area contributed by atoms with Crippen LogP contribution < -0.4 is 5.32 Å². The van der Waals surface area contributed by atoms with Crippen molar-refractivity contribution in [3.63, 3.8) is 0 Å². The number of benzene rings is 2. The minimum Gasteiger partial charge on any atom is -0.489 e. The number of carbonyl (C=O) groups is 3. The Labute approximate surface area is 194 Å². The number of ketones is 2. The van der Waals surface area contributed by atoms with E-state index in [0.29, 0.717) is 30.4 Å². The molecule has 0 spiro atoms. The largest absolute Gasteiger partial charge is 0.489 e. The van der Waals surface area contributed by atoms with Crippen molar-refractivity contribution in [2.75, 3.05) is 14.2 Å². The Morgan fingerprint density at radius 3 is 2.06 bits per heavy atom. The van der Waals surface area contributed by atoms with Crippen molar-refractivity contribution in [1.82, 2.24) is 5.32 Å². The molecule has 0 saturated heterocycles. The molecule has 1 amide bonds. The third-order valence-electron chi connectivity index (χ3n) is 5.82. The van der Waals surface area contributed by atoms with Crippen LogP contribution in [0.1, 0.15) is 43.0 Å². The molecule has 3 rings (SSSR count). The van der Waals surface area contributed by atoms with Crippen LogP contribution in [0.4, 0.5) is 0 Å². The second-order valence-corrected chi connectivity index (χ2v) is 8.02. The van der Waals surface area contributed by atoms with Gasteiger partial charge in [0.2, 0.25) is 29.0 Å². The predicted molar refractivity (Wildman–Crippen MR) is 125 cm³/mol. The molecule has 1 atom stereocenters. The van der Waals surface area contributed by atoms with E-state index in [1.807, 2.05) is 61.5 Å². The zero-order valence-corrected chi connectivity index (χ0v) is 19.4. The molecular formula is C27H29NO5. The van der Waals surface area contributed by atoms with Gasteiger partial charge in [-0.2, -0.15) is 0 Å². The molecule has 0 aromatic heterocycles. The number of nitrogens with one attached hydrogen (secondary N) is 1. The van der Waals surface area contributed by atoms with E-state index >= 15 is 0 Å². The Morgan fingerprint density at radius 2 is 1.45 bits per heavy atom. The molecule has 2 aromatic carbocycles. The summed E-state index contributed by atoms with van der Waals surface area (Å²) < 4.78 is 10.2. The molecule has 1 N–H and O–H groups in total. The van der Waals surface area contributed by atoms with Crippen molar-refractivity contribution in [3.8, 4) is 0 Å². The average molecular weight is 448 g/mol. The van der Waals surface area contributed by atoms with Gasteiger partial charge in [-0.1, -0.05) is 54.6 Å². The van der Waals surface area contributed by atoms with E-state index in [2.05, 4.69) is 5.32 Å². The SMILES string of the molecule is COC1=C(OC)C(=O)C(Cc2ccc(CCC(=O)N[C@H](C)c3ccccc3)cc2)=C(C)C1=O. The lowest BCUT2D eigenvalue weighted by Crippen LogP contribution is -2.26. The Kier molecular flexibility index (Phi) is 7.83. The summed E-state index contributed by atoms with van der Waals surface area (Å²) in [6.07, 6.45) is 1.31. The molecule has 1 aliphatic rings. The molecule has 0 aliphatic heterocycles. The van der Waals surface area contributed by atoms with E-state index in [1.165, 1.54) is 14.2 Å². The molecule has 0 bridgehead atoms. The second kappa shape index (κ2) is 10.8. The maximum absolute atomic E-state index is 12.8. The molecule has 172 valence electrons. The number of aryl methyl sites for hydroxylation is 1. The number of ether oxygens (including phenoxy) is 2. The number of Topliss-reactive ketones (excluding diaryl/α,β-unsaturated/α-hetero) is 2. The van der Waals surface area contributed by atoms with Crippen LogP contribution in [0.25, 0.3) is 0 Å². The second-order valence-electron chi connectivity index (χ2n) is 8.02. The van der Waals surface area contributed by atoms with Gasteiger partial charge >= 0.3 is 0 Å². The van der Waals surface area contributed by atoms with Gasteiger partial charge in [0.25, 0.3) is 0 Å². The van der Waals surface area contributed by atoms with Crippen molar-refractivity contribution in [1.29, 1.82) is 0 Å². The average Bonchev–Trinajstić information content (AvgIpc) is 2.83. The molecule has 2 aromatic rings. The molecule has 0 radical (unpaired) electrons. The normalized spacial score (nSPS) is 14.9. The Morgan fingerprint density at radius 1 is 0.879 bits per heavy atom. The van der Waals surface area contributed by atoms with Crippen LogP contribution in [-0.2, 0) is 36.7 Å². The van der Waals surface area contributed by atoms with E-state index in [0.717, 1.165) is 16.7 Å². The van der Waals surface area contributed by atoms with Gasteiger partial charge in [0, 0.05) is 24.0 Å². The monoisotopic (exact) mass is 447 g/mol. The highest BCUT2D eigenvalue weighted by molar-refractivity contribution is 6.23. The van der Waals surface area contributed by atoms with Crippen LogP contribution in [0, 0.1) is 0 Å². The van der Waals surface area contributed by atoms with Gasteiger partial charge in [-0.3, -0.25) is 14.4 Å². The molecule has 6 nitrogen and oxygen atoms in total. The van der Waals surface area contributed by atoms with E-state index in [-0.39, 0.29) is 35.0 Å². The first-order valence-corrected chi connectivity index (χ1v) is 10.9. The molecule has 33 heavy (non-hydrogen) atoms. The first-order chi connectivity index (χ1) is 15.8. The fraction of sp³-hybridized carbons (Fsp3) is 0.296. The highest BCUT2D eigenvalue weighted by Gasteiger charge is 2.34. The Hall–Kier alpha value is -3.67. The predicted octanol–water partition coefficient (Wildman–Crippen LogP) is 4.01. The lowest BCUT2D eigenvalue weighted by molar-refractivity contribution is -0.121. The molecule has 0 fully saturated rings. The third kappa shape index (κ3) is 5.58. The standard InChI is InChI=1S/C27H29NO5/c1-17-22(25(31)27(33-4)26(32-3)24(17)30)16-20-12-10-19(11-13-20)14-15-23(29)28-18(2)21-8-6-5-7-9-21/h5-13,18H,14-16H2,1-4H3,(H,28,29)/t18-/m1/s1. The van der Waals surface area contributed by atoms with E-state index < -0.39 is 0 Å². The summed E-state index contributed by atoms with van der Waals surface area (Å²) in [6.45, 7) is 3.60. The smallest absolute Gasteiger partial charge is 0.228 e. The fourth-order valence-electron chi connectivity index (χ4n) is 3.83. The minimum atomic E-state index is -0.337. The van der Waals surface area contributed by atoms with Gasteiger partial charge in [-0.25, -0.2) is 0 Å². The summed E-state index contributed by atoms with van der Waals surface area (Å²) in [5, 5.41) is 3.02. The lowest BCUT2D eigenvalue weighted by atomic mass is 9.88. The fourth-order valence-corrected chi connectivity index (χ4v) is 3.83. The van der Waals surface area contributed by atoms with Crippen LogP contribution in [0.3, 0.4) is 0 Å². The molecule has 0 unspecified atom stereocenters. The molecule has 0 saturated carbocycles. The molecule has 1 aliphatic carbocycles. The lowest BCUT2D eigenvalue weighted by Gasteiger charge is -2.20. The quantitative estimate of drug-likeness (QED) is 0.588. The number of carbonyl (C=O) groups excluding carboxylic acids is 3. The van der Waals surface area contributed by atoms with Crippen LogP contribution in [0.5, 0.6) is 0 Å². The van der Waals surface area contributed by atoms with Gasteiger partial charge in [-0.05, 0) is 37.0 Å².